The van der Waals surface area contributed by atoms with E-state index >= 15 is 0 Å². The highest BCUT2D eigenvalue weighted by Crippen LogP contribution is 1.85. The zero-order chi connectivity index (χ0) is 8.43. The smallest absolute Gasteiger partial charge is 0.283 e. The van der Waals surface area contributed by atoms with Crippen LogP contribution in [0.2, 0.25) is 0 Å². The molecule has 0 radical (unpaired) electrons. The van der Waals surface area contributed by atoms with Crippen molar-refractivity contribution in [3.63, 3.8) is 0 Å². The van der Waals surface area contributed by atoms with Gasteiger partial charge in [0, 0.05) is 0 Å². The van der Waals surface area contributed by atoms with Gasteiger partial charge < -0.3 is 0 Å². The number of nitrogens with one attached hydrogen (secondary N) is 1. The fourth-order valence-electron chi connectivity index (χ4n) is 0.571. The van der Waals surface area contributed by atoms with Gasteiger partial charge in [-0.2, -0.15) is 4.39 Å². The zero-order valence-electron chi connectivity index (χ0n) is 5.30. The molecule has 0 amide bonds. The van der Waals surface area contributed by atoms with E-state index in [1.54, 1.807) is 4.98 Å². The molecule has 0 aliphatic rings. The Bertz CT molecular complexity index is 369. The summed E-state index contributed by atoms with van der Waals surface area (Å²) in [6, 6.07) is -0.188. The third-order valence-corrected chi connectivity index (χ3v) is 1.35. The van der Waals surface area contributed by atoms with Crippen LogP contribution in [0.3, 0.4) is 0 Å². The topological polar surface area (TPSA) is 54.9 Å². The van der Waals surface area contributed by atoms with Crippen molar-refractivity contribution in [2.24, 2.45) is 0 Å². The van der Waals surface area contributed by atoms with Crippen LogP contribution in [0, 0.1) is 5.82 Å². The average molecular weight is 179 g/mol. The summed E-state index contributed by atoms with van der Waals surface area (Å²) >= 11 is 5.23. The van der Waals surface area contributed by atoms with Gasteiger partial charge in [0.25, 0.3) is 5.56 Å². The van der Waals surface area contributed by atoms with Gasteiger partial charge in [-0.1, -0.05) is 0 Å². The van der Waals surface area contributed by atoms with Gasteiger partial charge in [0.1, 0.15) is 6.00 Å². The second-order valence-corrected chi connectivity index (χ2v) is 2.06. The summed E-state index contributed by atoms with van der Waals surface area (Å²) in [6.07, 6.45) is 0.758. The van der Waals surface area contributed by atoms with Crippen molar-refractivity contribution in [1.82, 2.24) is 9.55 Å². The molecule has 60 valence electrons. The summed E-state index contributed by atoms with van der Waals surface area (Å²) in [6.45, 7) is 0. The largest absolute Gasteiger partial charge is 0.329 e. The molecular formula is C5H4ClFN2O2. The lowest BCUT2D eigenvalue weighted by molar-refractivity contribution is 0.574. The molecule has 0 bridgehead atoms. The van der Waals surface area contributed by atoms with E-state index in [1.165, 1.54) is 0 Å². The predicted molar refractivity (Wildman–Crippen MR) is 37.1 cm³/mol. The Labute approximate surface area is 65.2 Å². The maximum absolute atomic E-state index is 12.4. The first-order valence-electron chi connectivity index (χ1n) is 2.70. The average Bonchev–Trinajstić information content (AvgIpc) is 1.97. The predicted octanol–water partition coefficient (Wildman–Crippen LogP) is -0.128. The SMILES string of the molecule is O=c1[nH]c(=O)n(CCl)cc1F. The molecule has 11 heavy (non-hydrogen) atoms. The molecule has 1 heterocycles. The first kappa shape index (κ1) is 8.00. The number of aromatic nitrogens is 2. The number of rotatable bonds is 1. The van der Waals surface area contributed by atoms with Crippen molar-refractivity contribution in [2.75, 3.05) is 0 Å². The van der Waals surface area contributed by atoms with Crippen LogP contribution in [0.4, 0.5) is 4.39 Å². The highest BCUT2D eigenvalue weighted by molar-refractivity contribution is 6.15. The third-order valence-electron chi connectivity index (χ3n) is 1.10. The van der Waals surface area contributed by atoms with Gasteiger partial charge in [-0.25, -0.2) is 4.79 Å². The lowest BCUT2D eigenvalue weighted by Crippen LogP contribution is -2.30. The number of halogens is 2. The number of aromatic amines is 1. The minimum Gasteiger partial charge on any atom is -0.283 e. The molecule has 1 aromatic rings. The lowest BCUT2D eigenvalue weighted by Gasteiger charge is -1.96. The van der Waals surface area contributed by atoms with Gasteiger partial charge >= 0.3 is 5.69 Å². The zero-order valence-corrected chi connectivity index (χ0v) is 6.06. The maximum atomic E-state index is 12.4. The van der Waals surface area contributed by atoms with Crippen LogP contribution < -0.4 is 11.2 Å². The van der Waals surface area contributed by atoms with E-state index in [-0.39, 0.29) is 6.00 Å². The highest BCUT2D eigenvalue weighted by Gasteiger charge is 2.00. The van der Waals surface area contributed by atoms with Crippen molar-refractivity contribution < 1.29 is 4.39 Å². The molecule has 0 aromatic carbocycles. The first-order chi connectivity index (χ1) is 5.15. The Hall–Kier alpha value is -1.10. The Morgan fingerprint density at radius 3 is 2.82 bits per heavy atom. The van der Waals surface area contributed by atoms with E-state index in [4.69, 9.17) is 11.6 Å². The molecule has 0 spiro atoms. The van der Waals surface area contributed by atoms with Crippen LogP contribution in [0.5, 0.6) is 0 Å². The summed E-state index contributed by atoms with van der Waals surface area (Å²) in [7, 11) is 0. The highest BCUT2D eigenvalue weighted by atomic mass is 35.5. The molecule has 1 rings (SSSR count). The maximum Gasteiger partial charge on any atom is 0.329 e. The molecule has 0 unspecified atom stereocenters. The summed E-state index contributed by atoms with van der Waals surface area (Å²) in [5.41, 5.74) is -1.75. The van der Waals surface area contributed by atoms with E-state index in [9.17, 15) is 14.0 Å². The van der Waals surface area contributed by atoms with E-state index in [2.05, 4.69) is 0 Å². The Morgan fingerprint density at radius 2 is 2.27 bits per heavy atom. The third kappa shape index (κ3) is 1.48. The Kier molecular flexibility index (Phi) is 2.09. The van der Waals surface area contributed by atoms with Crippen molar-refractivity contribution in [1.29, 1.82) is 0 Å². The number of hydrogen-bond acceptors (Lipinski definition) is 2. The molecule has 6 heteroatoms. The summed E-state index contributed by atoms with van der Waals surface area (Å²) in [5.74, 6) is -1.02. The minimum absolute atomic E-state index is 0.188. The molecule has 0 aliphatic carbocycles. The quantitative estimate of drug-likeness (QED) is 0.610. The molecule has 0 saturated heterocycles. The van der Waals surface area contributed by atoms with Gasteiger partial charge in [-0.15, -0.1) is 11.6 Å². The number of H-pyrrole nitrogens is 1. The summed E-state index contributed by atoms with van der Waals surface area (Å²) in [4.78, 5) is 22.9. The minimum atomic E-state index is -1.03. The second-order valence-electron chi connectivity index (χ2n) is 1.83. The van der Waals surface area contributed by atoms with Gasteiger partial charge in [0.2, 0.25) is 5.82 Å². The van der Waals surface area contributed by atoms with Crippen molar-refractivity contribution in [3.8, 4) is 0 Å². The van der Waals surface area contributed by atoms with Gasteiger partial charge in [0.05, 0.1) is 6.20 Å². The Morgan fingerprint density at radius 1 is 1.64 bits per heavy atom. The van der Waals surface area contributed by atoms with E-state index < -0.39 is 17.1 Å². The van der Waals surface area contributed by atoms with Crippen LogP contribution in [0.25, 0.3) is 0 Å². The summed E-state index contributed by atoms with van der Waals surface area (Å²) < 4.78 is 13.2. The van der Waals surface area contributed by atoms with E-state index in [1.807, 2.05) is 0 Å². The van der Waals surface area contributed by atoms with E-state index in [0.29, 0.717) is 0 Å². The molecule has 0 atom stereocenters. The second kappa shape index (κ2) is 2.87. The summed E-state index contributed by atoms with van der Waals surface area (Å²) in [5, 5.41) is 0. The van der Waals surface area contributed by atoms with Crippen LogP contribution >= 0.6 is 11.6 Å². The molecule has 1 aromatic heterocycles. The fourth-order valence-corrected chi connectivity index (χ4v) is 0.749. The molecule has 4 nitrogen and oxygen atoms in total. The molecule has 0 aliphatic heterocycles. The van der Waals surface area contributed by atoms with Gasteiger partial charge in [-0.05, 0) is 0 Å². The number of nitrogens with zero attached hydrogens (tertiary/aromatic N) is 1. The van der Waals surface area contributed by atoms with E-state index in [0.717, 1.165) is 10.8 Å². The fraction of sp³-hybridized carbons (Fsp3) is 0.200. The molecular weight excluding hydrogens is 175 g/mol. The molecule has 0 saturated carbocycles. The monoisotopic (exact) mass is 178 g/mol. The standard InChI is InChI=1S/C5H4ClFN2O2/c6-2-9-1-3(7)4(10)8-5(9)11/h1H,2H2,(H,8,10,11). The van der Waals surface area contributed by atoms with Crippen LogP contribution in [-0.4, -0.2) is 9.55 Å². The molecule has 0 fully saturated rings. The van der Waals surface area contributed by atoms with Gasteiger partial charge in [-0.3, -0.25) is 14.3 Å². The molecule has 1 N–H and O–H groups in total. The first-order valence-corrected chi connectivity index (χ1v) is 3.24. The lowest BCUT2D eigenvalue weighted by atomic mass is 10.6. The van der Waals surface area contributed by atoms with Crippen molar-refractivity contribution in [2.45, 2.75) is 6.00 Å². The van der Waals surface area contributed by atoms with Crippen molar-refractivity contribution in [3.05, 3.63) is 32.9 Å². The van der Waals surface area contributed by atoms with Crippen molar-refractivity contribution >= 4 is 11.6 Å². The number of alkyl halides is 1. The van der Waals surface area contributed by atoms with Crippen LogP contribution in [0.1, 0.15) is 0 Å². The number of hydrogen-bond donors (Lipinski definition) is 1. The van der Waals surface area contributed by atoms with Crippen LogP contribution in [0.15, 0.2) is 15.8 Å². The van der Waals surface area contributed by atoms with Gasteiger partial charge in [0.15, 0.2) is 0 Å². The normalized spacial score (nSPS) is 10.0. The van der Waals surface area contributed by atoms with Crippen LogP contribution in [-0.2, 0) is 6.00 Å². The Balaban J connectivity index is 3.45.